The van der Waals surface area contributed by atoms with Crippen LogP contribution in [0.25, 0.3) is 0 Å². The van der Waals surface area contributed by atoms with Crippen LogP contribution in [0.3, 0.4) is 0 Å². The quantitative estimate of drug-likeness (QED) is 0.0977. The van der Waals surface area contributed by atoms with Crippen LogP contribution in [0, 0.1) is 0 Å². The Morgan fingerprint density at radius 1 is 0.780 bits per heavy atom. The van der Waals surface area contributed by atoms with Crippen molar-refractivity contribution in [2.75, 3.05) is 0 Å². The van der Waals surface area contributed by atoms with Crippen LogP contribution < -0.4 is 10.9 Å². The second-order valence-corrected chi connectivity index (χ2v) is 13.2. The molecule has 41 heavy (non-hydrogen) atoms. The Balaban J connectivity index is 0.000000181. The molecule has 2 nitrogen and oxygen atoms in total. The largest absolute Gasteiger partial charge is 0.327 e. The van der Waals surface area contributed by atoms with Gasteiger partial charge < -0.3 is 4.57 Å². The van der Waals surface area contributed by atoms with Gasteiger partial charge in [0, 0.05) is 12.4 Å². The normalized spacial score (nSPS) is 13.3. The highest BCUT2D eigenvalue weighted by atomic mass is 28.2. The van der Waals surface area contributed by atoms with Gasteiger partial charge in [-0.15, -0.1) is 0 Å². The first-order chi connectivity index (χ1) is 20.3. The fraction of sp³-hybridized carbons (Fsp3) is 0.216. The van der Waals surface area contributed by atoms with Gasteiger partial charge in [-0.3, -0.25) is 0 Å². The molecule has 4 heteroatoms. The number of hydrogen-bond donors (Lipinski definition) is 0. The van der Waals surface area contributed by atoms with Gasteiger partial charge in [-0.1, -0.05) is 176 Å². The minimum atomic E-state index is -0.486. The van der Waals surface area contributed by atoms with E-state index in [0.29, 0.717) is 6.71 Å². The summed E-state index contributed by atoms with van der Waals surface area (Å²) in [5, 5.41) is -0.0745. The summed E-state index contributed by atoms with van der Waals surface area (Å²) in [5.41, 5.74) is 5.68. The van der Waals surface area contributed by atoms with Crippen molar-refractivity contribution in [3.05, 3.63) is 163 Å². The maximum absolute atomic E-state index is 4.37. The number of rotatable bonds is 11. The van der Waals surface area contributed by atoms with Crippen LogP contribution in [-0.2, 0) is 5.16 Å². The monoisotopic (exact) mass is 552 g/mol. The lowest BCUT2D eigenvalue weighted by Crippen LogP contribution is -2.42. The Hall–Kier alpha value is -3.89. The number of benzene rings is 4. The molecule has 1 aromatic heterocycles. The van der Waals surface area contributed by atoms with Gasteiger partial charge in [0.15, 0.2) is 0 Å². The zero-order valence-electron chi connectivity index (χ0n) is 24.2. The molecule has 4 aromatic carbocycles. The van der Waals surface area contributed by atoms with E-state index in [1.54, 1.807) is 0 Å². The second kappa shape index (κ2) is 14.7. The van der Waals surface area contributed by atoms with Crippen LogP contribution in [-0.4, -0.2) is 25.8 Å². The van der Waals surface area contributed by atoms with E-state index in [1.807, 2.05) is 12.5 Å². The third-order valence-electron chi connectivity index (χ3n) is 8.25. The first kappa shape index (κ1) is 28.6. The summed E-state index contributed by atoms with van der Waals surface area (Å²) in [5.74, 6) is 0.866. The van der Waals surface area contributed by atoms with E-state index in [1.165, 1.54) is 53.8 Å². The summed E-state index contributed by atoms with van der Waals surface area (Å²) in [7, 11) is -0.486. The molecule has 6 rings (SSSR count). The van der Waals surface area contributed by atoms with E-state index >= 15 is 0 Å². The maximum atomic E-state index is 4.37. The molecule has 0 amide bonds. The summed E-state index contributed by atoms with van der Waals surface area (Å²) in [4.78, 5) is 4.37. The molecule has 1 aliphatic carbocycles. The molecule has 0 spiro atoms. The van der Waals surface area contributed by atoms with E-state index < -0.39 is 9.52 Å². The number of nitrogens with zero attached hydrogens (tertiary/aromatic N) is 2. The molecule has 0 bridgehead atoms. The van der Waals surface area contributed by atoms with E-state index in [2.05, 4.69) is 156 Å². The minimum Gasteiger partial charge on any atom is -0.327 e. The van der Waals surface area contributed by atoms with Gasteiger partial charge in [-0.2, -0.15) is 0 Å². The lowest BCUT2D eigenvalue weighted by Gasteiger charge is -2.37. The standard InChI is InChI=1S/C22H26N2Si.C15H15B/c1-2-3-4-11-18-25-22(24-17-16-23-19-24,20-12-7-5-8-13-20)21-14-9-6-10-15-21;1-3-7-13(8-4-1)16(15-11-12-15)14-9-5-2-6-10-14/h2-3,5-10,12-17,19H,4,11,18,25H2,1H3;1-10,15H,11-12H2. The van der Waals surface area contributed by atoms with Crippen LogP contribution in [0.15, 0.2) is 152 Å². The molecule has 0 aliphatic heterocycles. The average molecular weight is 553 g/mol. The predicted octanol–water partition coefficient (Wildman–Crippen LogP) is 7.04. The first-order valence-corrected chi connectivity index (χ1v) is 16.8. The van der Waals surface area contributed by atoms with Gasteiger partial charge in [-0.05, 0) is 24.5 Å². The van der Waals surface area contributed by atoms with Crippen LogP contribution in [0.5, 0.6) is 0 Å². The lowest BCUT2D eigenvalue weighted by atomic mass is 9.37. The molecule has 0 atom stereocenters. The van der Waals surface area contributed by atoms with E-state index in [4.69, 9.17) is 0 Å². The molecule has 5 aromatic rings. The second-order valence-electron chi connectivity index (χ2n) is 11.0. The molecule has 206 valence electrons. The Morgan fingerprint density at radius 3 is 1.73 bits per heavy atom. The SMILES string of the molecule is CC=CCCC[SiH2]C(c1ccccc1)(c1ccccc1)n1ccnc1.c1ccc(B(c2ccccc2)C2CC2)cc1. The summed E-state index contributed by atoms with van der Waals surface area (Å²) in [6.45, 7) is 2.71. The summed E-state index contributed by atoms with van der Waals surface area (Å²) < 4.78 is 2.33. The zero-order valence-corrected chi connectivity index (χ0v) is 25.6. The Morgan fingerprint density at radius 2 is 1.29 bits per heavy atom. The van der Waals surface area contributed by atoms with Gasteiger partial charge >= 0.3 is 0 Å². The van der Waals surface area contributed by atoms with E-state index in [-0.39, 0.29) is 5.16 Å². The van der Waals surface area contributed by atoms with Gasteiger partial charge in [0.2, 0.25) is 6.71 Å². The molecule has 1 fully saturated rings. The Labute approximate surface area is 249 Å². The third-order valence-corrected chi connectivity index (χ3v) is 11.0. The molecule has 1 saturated carbocycles. The fourth-order valence-electron chi connectivity index (χ4n) is 6.09. The molecule has 0 radical (unpaired) electrons. The highest BCUT2D eigenvalue weighted by Gasteiger charge is 2.37. The number of aromatic nitrogens is 2. The topological polar surface area (TPSA) is 17.8 Å². The predicted molar refractivity (Wildman–Crippen MR) is 180 cm³/mol. The van der Waals surface area contributed by atoms with Crippen molar-refractivity contribution in [3.8, 4) is 0 Å². The van der Waals surface area contributed by atoms with Gasteiger partial charge in [0.05, 0.1) is 21.0 Å². The molecule has 0 saturated heterocycles. The number of allylic oxidation sites excluding steroid dienone is 2. The minimum absolute atomic E-state index is 0.0745. The van der Waals surface area contributed by atoms with Crippen LogP contribution in [0.2, 0.25) is 11.9 Å². The van der Waals surface area contributed by atoms with Crippen molar-refractivity contribution < 1.29 is 0 Å². The van der Waals surface area contributed by atoms with Crippen molar-refractivity contribution in [2.45, 2.75) is 49.6 Å². The highest BCUT2D eigenvalue weighted by Crippen LogP contribution is 2.38. The smallest absolute Gasteiger partial charge is 0.212 e. The number of unbranched alkanes of at least 4 members (excludes halogenated alkanes) is 1. The highest BCUT2D eigenvalue weighted by molar-refractivity contribution is 6.86. The van der Waals surface area contributed by atoms with Crippen molar-refractivity contribution in [1.29, 1.82) is 0 Å². The number of hydrogen-bond acceptors (Lipinski definition) is 1. The molecular formula is C37H41BN2Si. The first-order valence-electron chi connectivity index (χ1n) is 15.1. The Kier molecular flexibility index (Phi) is 10.2. The van der Waals surface area contributed by atoms with E-state index in [9.17, 15) is 0 Å². The Bertz CT molecular complexity index is 1360. The zero-order chi connectivity index (χ0) is 28.2. The number of imidazole rings is 1. The van der Waals surface area contributed by atoms with Crippen molar-refractivity contribution in [1.82, 2.24) is 9.55 Å². The van der Waals surface area contributed by atoms with Crippen molar-refractivity contribution in [2.24, 2.45) is 0 Å². The molecule has 1 heterocycles. The molecule has 0 N–H and O–H groups in total. The lowest BCUT2D eigenvalue weighted by molar-refractivity contribution is 0.589. The third kappa shape index (κ3) is 7.25. The summed E-state index contributed by atoms with van der Waals surface area (Å²) in [6.07, 6.45) is 15.6. The van der Waals surface area contributed by atoms with Crippen molar-refractivity contribution >= 4 is 27.2 Å². The fourth-order valence-corrected chi connectivity index (χ4v) is 8.64. The summed E-state index contributed by atoms with van der Waals surface area (Å²) in [6, 6.07) is 45.0. The van der Waals surface area contributed by atoms with E-state index in [0.717, 1.165) is 5.82 Å². The average Bonchev–Trinajstić information content (AvgIpc) is 3.72. The summed E-state index contributed by atoms with van der Waals surface area (Å²) >= 11 is 0. The van der Waals surface area contributed by atoms with Crippen LogP contribution in [0.1, 0.15) is 43.7 Å². The maximum Gasteiger partial charge on any atom is 0.212 e. The van der Waals surface area contributed by atoms with Gasteiger partial charge in [0.25, 0.3) is 0 Å². The molecule has 1 aliphatic rings. The molecule has 0 unspecified atom stereocenters. The van der Waals surface area contributed by atoms with Crippen molar-refractivity contribution in [3.63, 3.8) is 0 Å². The van der Waals surface area contributed by atoms with Crippen LogP contribution in [0.4, 0.5) is 0 Å². The van der Waals surface area contributed by atoms with Gasteiger partial charge in [0.1, 0.15) is 0 Å². The van der Waals surface area contributed by atoms with Crippen LogP contribution >= 0.6 is 0 Å². The van der Waals surface area contributed by atoms with Gasteiger partial charge in [-0.25, -0.2) is 4.98 Å². The molecular weight excluding hydrogens is 511 g/mol.